The number of ether oxygens (including phenoxy) is 2. The molecule has 6 heteroatoms. The fourth-order valence-corrected chi connectivity index (χ4v) is 4.41. The molecule has 2 heterocycles. The molecule has 0 radical (unpaired) electrons. The summed E-state index contributed by atoms with van der Waals surface area (Å²) in [6.07, 6.45) is 2.81. The highest BCUT2D eigenvalue weighted by Crippen LogP contribution is 2.36. The molecule has 1 aliphatic rings. The number of aryl methyl sites for hydroxylation is 2. The molecule has 2 aromatic carbocycles. The number of aromatic nitrogens is 1. The predicted octanol–water partition coefficient (Wildman–Crippen LogP) is 5.27. The van der Waals surface area contributed by atoms with Crippen LogP contribution in [0.25, 0.3) is 11.3 Å². The summed E-state index contributed by atoms with van der Waals surface area (Å²) < 4.78 is 11.5. The van der Waals surface area contributed by atoms with Gasteiger partial charge in [0.1, 0.15) is 11.5 Å². The van der Waals surface area contributed by atoms with E-state index in [0.29, 0.717) is 13.2 Å². The van der Waals surface area contributed by atoms with Crippen LogP contribution in [0.2, 0.25) is 0 Å². The van der Waals surface area contributed by atoms with Gasteiger partial charge in [0, 0.05) is 17.5 Å². The SMILES string of the molecule is CCCc1nc(-c2ccc3c(c2)N(CCCOc2cccc(C)c2)C(=O)CO3)cs1. The van der Waals surface area contributed by atoms with Gasteiger partial charge in [0.2, 0.25) is 0 Å². The van der Waals surface area contributed by atoms with Crippen molar-refractivity contribution in [3.05, 3.63) is 58.4 Å². The third-order valence-electron chi connectivity index (χ3n) is 5.00. The van der Waals surface area contributed by atoms with Gasteiger partial charge in [-0.05, 0) is 62.1 Å². The molecule has 5 nitrogen and oxygen atoms in total. The van der Waals surface area contributed by atoms with Crippen molar-refractivity contribution in [2.45, 2.75) is 33.1 Å². The molecule has 1 aliphatic heterocycles. The van der Waals surface area contributed by atoms with E-state index in [2.05, 4.69) is 12.3 Å². The molecule has 0 saturated carbocycles. The second kappa shape index (κ2) is 9.30. The highest BCUT2D eigenvalue weighted by atomic mass is 32.1. The highest BCUT2D eigenvalue weighted by Gasteiger charge is 2.26. The highest BCUT2D eigenvalue weighted by molar-refractivity contribution is 7.09. The molecule has 0 saturated heterocycles. The molecule has 0 spiro atoms. The molecular weight excluding hydrogens is 396 g/mol. The van der Waals surface area contributed by atoms with Crippen molar-refractivity contribution in [1.82, 2.24) is 4.98 Å². The van der Waals surface area contributed by atoms with Gasteiger partial charge < -0.3 is 14.4 Å². The van der Waals surface area contributed by atoms with Crippen LogP contribution in [0.3, 0.4) is 0 Å². The number of rotatable bonds is 8. The molecular formula is C24H26N2O3S. The first-order valence-electron chi connectivity index (χ1n) is 10.4. The smallest absolute Gasteiger partial charge is 0.265 e. The molecule has 1 aromatic heterocycles. The molecule has 1 amide bonds. The Hall–Kier alpha value is -2.86. The number of anilines is 1. The summed E-state index contributed by atoms with van der Waals surface area (Å²) in [6.45, 7) is 5.41. The van der Waals surface area contributed by atoms with Gasteiger partial charge >= 0.3 is 0 Å². The topological polar surface area (TPSA) is 51.7 Å². The van der Waals surface area contributed by atoms with Crippen molar-refractivity contribution < 1.29 is 14.3 Å². The van der Waals surface area contributed by atoms with Crippen LogP contribution in [-0.4, -0.2) is 30.6 Å². The third kappa shape index (κ3) is 4.65. The molecule has 0 bridgehead atoms. The van der Waals surface area contributed by atoms with E-state index in [1.54, 1.807) is 16.2 Å². The molecule has 4 rings (SSSR count). The fourth-order valence-electron chi connectivity index (χ4n) is 3.50. The van der Waals surface area contributed by atoms with Gasteiger partial charge in [0.15, 0.2) is 6.61 Å². The Bertz CT molecular complexity index is 1030. The number of amides is 1. The average molecular weight is 423 g/mol. The Kier molecular flexibility index (Phi) is 6.33. The van der Waals surface area contributed by atoms with Crippen LogP contribution in [0.1, 0.15) is 30.3 Å². The van der Waals surface area contributed by atoms with Crippen LogP contribution in [0.15, 0.2) is 47.8 Å². The van der Waals surface area contributed by atoms with Gasteiger partial charge in [-0.15, -0.1) is 11.3 Å². The van der Waals surface area contributed by atoms with Gasteiger partial charge in [-0.2, -0.15) is 0 Å². The van der Waals surface area contributed by atoms with Crippen molar-refractivity contribution in [3.8, 4) is 22.8 Å². The Morgan fingerprint density at radius 1 is 1.23 bits per heavy atom. The first kappa shape index (κ1) is 20.4. The number of nitrogens with zero attached hydrogens (tertiary/aromatic N) is 2. The van der Waals surface area contributed by atoms with E-state index in [0.717, 1.165) is 52.7 Å². The second-order valence-corrected chi connectivity index (χ2v) is 8.35. The summed E-state index contributed by atoms with van der Waals surface area (Å²) in [4.78, 5) is 19.1. The van der Waals surface area contributed by atoms with Crippen LogP contribution >= 0.6 is 11.3 Å². The quantitative estimate of drug-likeness (QED) is 0.464. The van der Waals surface area contributed by atoms with E-state index in [4.69, 9.17) is 14.5 Å². The summed E-state index contributed by atoms with van der Waals surface area (Å²) in [5.41, 5.74) is 3.93. The molecule has 3 aromatic rings. The number of carbonyl (C=O) groups is 1. The maximum atomic E-state index is 12.5. The summed E-state index contributed by atoms with van der Waals surface area (Å²) >= 11 is 1.68. The fraction of sp³-hybridized carbons (Fsp3) is 0.333. The van der Waals surface area contributed by atoms with E-state index in [9.17, 15) is 4.79 Å². The Morgan fingerprint density at radius 3 is 2.97 bits per heavy atom. The Morgan fingerprint density at radius 2 is 2.13 bits per heavy atom. The van der Waals surface area contributed by atoms with E-state index in [1.807, 2.05) is 49.4 Å². The molecule has 0 N–H and O–H groups in total. The number of hydrogen-bond donors (Lipinski definition) is 0. The Balaban J connectivity index is 1.46. The first-order chi connectivity index (χ1) is 14.6. The second-order valence-electron chi connectivity index (χ2n) is 7.41. The molecule has 30 heavy (non-hydrogen) atoms. The number of carbonyl (C=O) groups excluding carboxylic acids is 1. The van der Waals surface area contributed by atoms with Gasteiger partial charge in [-0.3, -0.25) is 4.79 Å². The van der Waals surface area contributed by atoms with Crippen molar-refractivity contribution in [1.29, 1.82) is 0 Å². The lowest BCUT2D eigenvalue weighted by Crippen LogP contribution is -2.39. The largest absolute Gasteiger partial charge is 0.494 e. The van der Waals surface area contributed by atoms with Crippen LogP contribution in [0.5, 0.6) is 11.5 Å². The van der Waals surface area contributed by atoms with Gasteiger partial charge in [0.25, 0.3) is 5.91 Å². The lowest BCUT2D eigenvalue weighted by atomic mass is 10.1. The molecule has 0 unspecified atom stereocenters. The van der Waals surface area contributed by atoms with Crippen LogP contribution in [0.4, 0.5) is 5.69 Å². The maximum absolute atomic E-state index is 12.5. The van der Waals surface area contributed by atoms with E-state index in [1.165, 1.54) is 5.56 Å². The van der Waals surface area contributed by atoms with Gasteiger partial charge in [-0.1, -0.05) is 19.1 Å². The van der Waals surface area contributed by atoms with Crippen molar-refractivity contribution in [2.24, 2.45) is 0 Å². The van der Waals surface area contributed by atoms with Crippen molar-refractivity contribution >= 4 is 22.9 Å². The summed E-state index contributed by atoms with van der Waals surface area (Å²) in [5.74, 6) is 1.57. The number of hydrogen-bond acceptors (Lipinski definition) is 5. The zero-order valence-corrected chi connectivity index (χ0v) is 18.2. The molecule has 0 atom stereocenters. The lowest BCUT2D eigenvalue weighted by Gasteiger charge is -2.29. The minimum atomic E-state index is -0.0276. The van der Waals surface area contributed by atoms with E-state index in [-0.39, 0.29) is 12.5 Å². The minimum Gasteiger partial charge on any atom is -0.494 e. The van der Waals surface area contributed by atoms with Crippen molar-refractivity contribution in [2.75, 3.05) is 24.7 Å². The summed E-state index contributed by atoms with van der Waals surface area (Å²) in [5, 5.41) is 3.22. The summed E-state index contributed by atoms with van der Waals surface area (Å²) in [7, 11) is 0. The van der Waals surface area contributed by atoms with Crippen LogP contribution < -0.4 is 14.4 Å². The number of benzene rings is 2. The monoisotopic (exact) mass is 422 g/mol. The minimum absolute atomic E-state index is 0.0276. The molecule has 156 valence electrons. The lowest BCUT2D eigenvalue weighted by molar-refractivity contribution is -0.121. The molecule has 0 fully saturated rings. The zero-order chi connectivity index (χ0) is 20.9. The predicted molar refractivity (Wildman–Crippen MR) is 121 cm³/mol. The first-order valence-corrected chi connectivity index (χ1v) is 11.2. The Labute approximate surface area is 181 Å². The van der Waals surface area contributed by atoms with Gasteiger partial charge in [-0.25, -0.2) is 4.98 Å². The standard InChI is InChI=1S/C24H26N2O3S/c1-3-6-23-25-20(16-30-23)18-9-10-22-21(14-18)26(24(27)15-29-22)11-5-12-28-19-8-4-7-17(2)13-19/h4,7-10,13-14,16H,3,5-6,11-12,15H2,1-2H3. The zero-order valence-electron chi connectivity index (χ0n) is 17.4. The average Bonchev–Trinajstić information content (AvgIpc) is 3.21. The number of fused-ring (bicyclic) bond motifs is 1. The molecule has 0 aliphatic carbocycles. The van der Waals surface area contributed by atoms with Crippen LogP contribution in [0, 0.1) is 6.92 Å². The number of thiazole rings is 1. The van der Waals surface area contributed by atoms with Gasteiger partial charge in [0.05, 0.1) is 23.0 Å². The van der Waals surface area contributed by atoms with Crippen LogP contribution in [-0.2, 0) is 11.2 Å². The normalized spacial score (nSPS) is 13.1. The maximum Gasteiger partial charge on any atom is 0.265 e. The third-order valence-corrected chi connectivity index (χ3v) is 5.91. The van der Waals surface area contributed by atoms with E-state index >= 15 is 0 Å². The van der Waals surface area contributed by atoms with Crippen molar-refractivity contribution in [3.63, 3.8) is 0 Å². The van der Waals surface area contributed by atoms with E-state index < -0.39 is 0 Å². The summed E-state index contributed by atoms with van der Waals surface area (Å²) in [6, 6.07) is 14.0.